The molecule has 3 aromatic rings. The lowest BCUT2D eigenvalue weighted by Crippen LogP contribution is -2.52. The topological polar surface area (TPSA) is 67.4 Å². The van der Waals surface area contributed by atoms with Crippen LogP contribution in [-0.4, -0.2) is 39.4 Å². The fourth-order valence-corrected chi connectivity index (χ4v) is 5.19. The van der Waals surface area contributed by atoms with Gasteiger partial charge in [0.1, 0.15) is 11.6 Å². The van der Waals surface area contributed by atoms with Gasteiger partial charge in [-0.1, -0.05) is 30.7 Å². The Kier molecular flexibility index (Phi) is 6.05. The van der Waals surface area contributed by atoms with Crippen molar-refractivity contribution in [3.05, 3.63) is 83.9 Å². The molecule has 1 N–H and O–H groups in total. The fourth-order valence-electron chi connectivity index (χ4n) is 5.19. The Labute approximate surface area is 192 Å². The SMILES string of the molecule is O=C1CCCC[C@]2(CN(Cc3cccc(Oc4ncccn4)c3)C[C@H]2c2cccc(F)c2)N1. The largest absolute Gasteiger partial charge is 0.424 e. The fraction of sp³-hybridized carbons (Fsp3) is 0.346. The summed E-state index contributed by atoms with van der Waals surface area (Å²) in [5.41, 5.74) is 1.66. The summed E-state index contributed by atoms with van der Waals surface area (Å²) >= 11 is 0. The number of amides is 1. The van der Waals surface area contributed by atoms with Crippen molar-refractivity contribution in [2.45, 2.75) is 43.7 Å². The third-order valence-corrected chi connectivity index (χ3v) is 6.59. The van der Waals surface area contributed by atoms with Gasteiger partial charge in [-0.2, -0.15) is 0 Å². The van der Waals surface area contributed by atoms with Gasteiger partial charge in [-0.05, 0) is 54.3 Å². The zero-order chi connectivity index (χ0) is 22.7. The third-order valence-electron chi connectivity index (χ3n) is 6.59. The zero-order valence-electron chi connectivity index (χ0n) is 18.4. The van der Waals surface area contributed by atoms with Gasteiger partial charge in [0.15, 0.2) is 0 Å². The molecule has 2 aliphatic rings. The van der Waals surface area contributed by atoms with Crippen LogP contribution < -0.4 is 10.1 Å². The average molecular weight is 447 g/mol. The Morgan fingerprint density at radius 3 is 2.79 bits per heavy atom. The van der Waals surface area contributed by atoms with Crippen molar-refractivity contribution in [3.8, 4) is 11.8 Å². The van der Waals surface area contributed by atoms with E-state index < -0.39 is 0 Å². The predicted octanol–water partition coefficient (Wildman–Crippen LogP) is 4.44. The summed E-state index contributed by atoms with van der Waals surface area (Å²) in [5, 5.41) is 3.34. The van der Waals surface area contributed by atoms with Crippen molar-refractivity contribution in [2.75, 3.05) is 13.1 Å². The van der Waals surface area contributed by atoms with Crippen LogP contribution in [0.5, 0.6) is 11.8 Å². The summed E-state index contributed by atoms with van der Waals surface area (Å²) in [6.07, 6.45) is 6.61. The maximum Gasteiger partial charge on any atom is 0.321 e. The molecule has 2 atom stereocenters. The van der Waals surface area contributed by atoms with E-state index in [0.29, 0.717) is 24.7 Å². The number of benzene rings is 2. The number of nitrogens with one attached hydrogen (secondary N) is 1. The van der Waals surface area contributed by atoms with Crippen molar-refractivity contribution < 1.29 is 13.9 Å². The summed E-state index contributed by atoms with van der Waals surface area (Å²) in [7, 11) is 0. The molecule has 170 valence electrons. The molecule has 3 heterocycles. The van der Waals surface area contributed by atoms with Crippen LogP contribution in [0, 0.1) is 5.82 Å². The normalized spacial score (nSPS) is 23.3. The van der Waals surface area contributed by atoms with E-state index in [1.54, 1.807) is 30.6 Å². The van der Waals surface area contributed by atoms with Gasteiger partial charge in [-0.3, -0.25) is 9.69 Å². The zero-order valence-corrected chi connectivity index (χ0v) is 18.4. The van der Waals surface area contributed by atoms with Crippen molar-refractivity contribution >= 4 is 5.91 Å². The third kappa shape index (κ3) is 4.88. The van der Waals surface area contributed by atoms with Crippen LogP contribution in [-0.2, 0) is 11.3 Å². The Morgan fingerprint density at radius 2 is 1.94 bits per heavy atom. The highest BCUT2D eigenvalue weighted by atomic mass is 19.1. The summed E-state index contributed by atoms with van der Waals surface area (Å²) in [5.74, 6) is 0.563. The van der Waals surface area contributed by atoms with Gasteiger partial charge in [-0.25, -0.2) is 14.4 Å². The number of carbonyl (C=O) groups is 1. The molecule has 0 radical (unpaired) electrons. The average Bonchev–Trinajstić information content (AvgIpc) is 3.03. The molecular formula is C26H27FN4O2. The summed E-state index contributed by atoms with van der Waals surface area (Å²) < 4.78 is 19.9. The minimum absolute atomic E-state index is 0.0346. The van der Waals surface area contributed by atoms with E-state index in [-0.39, 0.29) is 23.2 Å². The number of carbonyl (C=O) groups excluding carboxylic acids is 1. The molecular weight excluding hydrogens is 419 g/mol. The molecule has 0 aliphatic carbocycles. The molecule has 0 unspecified atom stereocenters. The van der Waals surface area contributed by atoms with E-state index in [9.17, 15) is 9.18 Å². The molecule has 0 saturated carbocycles. The molecule has 2 fully saturated rings. The summed E-state index contributed by atoms with van der Waals surface area (Å²) in [6.45, 7) is 2.18. The minimum Gasteiger partial charge on any atom is -0.424 e. The molecule has 1 amide bonds. The van der Waals surface area contributed by atoms with E-state index in [4.69, 9.17) is 4.74 Å². The van der Waals surface area contributed by atoms with Gasteiger partial charge >= 0.3 is 6.01 Å². The number of hydrogen-bond acceptors (Lipinski definition) is 5. The highest BCUT2D eigenvalue weighted by molar-refractivity contribution is 5.77. The first-order valence-corrected chi connectivity index (χ1v) is 11.4. The monoisotopic (exact) mass is 446 g/mol. The first-order chi connectivity index (χ1) is 16.1. The van der Waals surface area contributed by atoms with Crippen LogP contribution in [0.1, 0.15) is 42.7 Å². The lowest BCUT2D eigenvalue weighted by Gasteiger charge is -2.35. The lowest BCUT2D eigenvalue weighted by atomic mass is 9.79. The molecule has 2 saturated heterocycles. The summed E-state index contributed by atoms with van der Waals surface area (Å²) in [4.78, 5) is 23.1. The molecule has 6 nitrogen and oxygen atoms in total. The van der Waals surface area contributed by atoms with E-state index in [2.05, 4.69) is 26.3 Å². The first kappa shape index (κ1) is 21.5. The minimum atomic E-state index is -0.382. The molecule has 2 aliphatic heterocycles. The Balaban J connectivity index is 1.38. The highest BCUT2D eigenvalue weighted by Crippen LogP contribution is 2.41. The number of rotatable bonds is 5. The van der Waals surface area contributed by atoms with E-state index >= 15 is 0 Å². The maximum atomic E-state index is 14.1. The standard InChI is InChI=1S/C26H27FN4O2/c27-21-8-4-7-20(15-21)23-17-31(18-26(23)11-2-1-10-24(32)30-26)16-19-6-3-9-22(14-19)33-25-28-12-5-13-29-25/h3-9,12-15,23H,1-2,10-11,16-18H2,(H,30,32)/t23-,26+/m0/s1. The van der Waals surface area contributed by atoms with Gasteiger partial charge in [0, 0.05) is 44.4 Å². The second kappa shape index (κ2) is 9.27. The van der Waals surface area contributed by atoms with Crippen LogP contribution >= 0.6 is 0 Å². The van der Waals surface area contributed by atoms with Gasteiger partial charge in [0.05, 0.1) is 5.54 Å². The van der Waals surface area contributed by atoms with E-state index in [0.717, 1.165) is 43.5 Å². The molecule has 0 bridgehead atoms. The van der Waals surface area contributed by atoms with Crippen molar-refractivity contribution in [1.82, 2.24) is 20.2 Å². The predicted molar refractivity (Wildman–Crippen MR) is 122 cm³/mol. The molecule has 5 rings (SSSR count). The van der Waals surface area contributed by atoms with E-state index in [1.165, 1.54) is 6.07 Å². The molecule has 33 heavy (non-hydrogen) atoms. The molecule has 1 aromatic heterocycles. The van der Waals surface area contributed by atoms with Crippen LogP contribution in [0.15, 0.2) is 67.0 Å². The number of ether oxygens (including phenoxy) is 1. The molecule has 1 spiro atoms. The van der Waals surface area contributed by atoms with Crippen molar-refractivity contribution in [1.29, 1.82) is 0 Å². The van der Waals surface area contributed by atoms with Crippen molar-refractivity contribution in [3.63, 3.8) is 0 Å². The second-order valence-electron chi connectivity index (χ2n) is 8.97. The molecule has 7 heteroatoms. The number of hydrogen-bond donors (Lipinski definition) is 1. The number of nitrogens with zero attached hydrogens (tertiary/aromatic N) is 3. The Hall–Kier alpha value is -3.32. The highest BCUT2D eigenvalue weighted by Gasteiger charge is 2.48. The molecule has 2 aromatic carbocycles. The van der Waals surface area contributed by atoms with Crippen LogP contribution in [0.3, 0.4) is 0 Å². The second-order valence-corrected chi connectivity index (χ2v) is 8.97. The van der Waals surface area contributed by atoms with Crippen molar-refractivity contribution in [2.24, 2.45) is 0 Å². The Bertz CT molecular complexity index is 1130. The van der Waals surface area contributed by atoms with Crippen LogP contribution in [0.25, 0.3) is 0 Å². The number of likely N-dealkylation sites (tertiary alicyclic amines) is 1. The van der Waals surface area contributed by atoms with Gasteiger partial charge < -0.3 is 10.1 Å². The van der Waals surface area contributed by atoms with Crippen LogP contribution in [0.2, 0.25) is 0 Å². The van der Waals surface area contributed by atoms with Gasteiger partial charge in [0.25, 0.3) is 0 Å². The summed E-state index contributed by atoms with van der Waals surface area (Å²) in [6, 6.07) is 16.8. The smallest absolute Gasteiger partial charge is 0.321 e. The maximum absolute atomic E-state index is 14.1. The number of halogens is 1. The number of aromatic nitrogens is 2. The van der Waals surface area contributed by atoms with Gasteiger partial charge in [0.2, 0.25) is 5.91 Å². The van der Waals surface area contributed by atoms with E-state index in [1.807, 2.05) is 24.3 Å². The van der Waals surface area contributed by atoms with Crippen LogP contribution in [0.4, 0.5) is 4.39 Å². The Morgan fingerprint density at radius 1 is 1.09 bits per heavy atom. The van der Waals surface area contributed by atoms with Gasteiger partial charge in [-0.15, -0.1) is 0 Å². The lowest BCUT2D eigenvalue weighted by molar-refractivity contribution is -0.122. The first-order valence-electron chi connectivity index (χ1n) is 11.4. The quantitative estimate of drug-likeness (QED) is 0.628.